The summed E-state index contributed by atoms with van der Waals surface area (Å²) in [6, 6.07) is 9.30. The minimum atomic E-state index is -4.97. The van der Waals surface area contributed by atoms with Crippen LogP contribution in [0.25, 0.3) is 0 Å². The molecule has 0 aromatic heterocycles. The van der Waals surface area contributed by atoms with Crippen LogP contribution in [0.2, 0.25) is 0 Å². The second kappa shape index (κ2) is 7.39. The fourth-order valence-corrected chi connectivity index (χ4v) is 3.68. The van der Waals surface area contributed by atoms with Crippen molar-refractivity contribution in [2.75, 3.05) is 10.8 Å². The number of hydrogen-bond donors (Lipinski definition) is 1. The number of aliphatic hydroxyl groups is 1. The van der Waals surface area contributed by atoms with Crippen LogP contribution in [0, 0.1) is 0 Å². The van der Waals surface area contributed by atoms with Crippen LogP contribution in [0.4, 0.5) is 32.0 Å². The molecule has 0 heterocycles. The first-order valence-electron chi connectivity index (χ1n) is 7.31. The van der Waals surface area contributed by atoms with Gasteiger partial charge in [0.25, 0.3) is 10.0 Å². The fourth-order valence-electron chi connectivity index (χ4n) is 2.21. The van der Waals surface area contributed by atoms with E-state index in [-0.39, 0.29) is 4.31 Å². The Labute approximate surface area is 150 Å². The Balaban J connectivity index is 2.47. The quantitative estimate of drug-likeness (QED) is 0.753. The Bertz CT molecular complexity index is 864. The van der Waals surface area contributed by atoms with Crippen LogP contribution in [0.15, 0.2) is 59.5 Å². The number of aliphatic hydroxyl groups excluding tert-OH is 1. The molecule has 0 aliphatic carbocycles. The Hall–Kier alpha value is -2.27. The second-order valence-electron chi connectivity index (χ2n) is 5.48. The van der Waals surface area contributed by atoms with Gasteiger partial charge in [-0.1, -0.05) is 30.3 Å². The number of alkyl halides is 6. The lowest BCUT2D eigenvalue weighted by molar-refractivity contribution is -0.206. The molecule has 1 atom stereocenters. The molecule has 4 nitrogen and oxygen atoms in total. The van der Waals surface area contributed by atoms with Gasteiger partial charge in [0, 0.05) is 0 Å². The van der Waals surface area contributed by atoms with Crippen LogP contribution >= 0.6 is 0 Å². The fraction of sp³-hybridized carbons (Fsp3) is 0.250. The van der Waals surface area contributed by atoms with E-state index in [4.69, 9.17) is 0 Å². The summed E-state index contributed by atoms with van der Waals surface area (Å²) in [5.41, 5.74) is -1.12. The molecule has 0 saturated heterocycles. The summed E-state index contributed by atoms with van der Waals surface area (Å²) in [5.74, 6) is 0. The summed E-state index contributed by atoms with van der Waals surface area (Å²) in [5, 5.41) is 9.17. The molecule has 2 aromatic rings. The van der Waals surface area contributed by atoms with Crippen molar-refractivity contribution in [2.24, 2.45) is 0 Å². The number of nitrogens with zero attached hydrogens (tertiary/aromatic N) is 1. The van der Waals surface area contributed by atoms with E-state index in [1.807, 2.05) is 0 Å². The molecule has 27 heavy (non-hydrogen) atoms. The molecule has 0 bridgehead atoms. The van der Waals surface area contributed by atoms with Crippen LogP contribution in [0.3, 0.4) is 0 Å². The van der Waals surface area contributed by atoms with Crippen LogP contribution in [-0.4, -0.2) is 32.4 Å². The number of rotatable bonds is 5. The average Bonchev–Trinajstić information content (AvgIpc) is 2.58. The molecule has 0 amide bonds. The third kappa shape index (κ3) is 5.13. The first-order valence-corrected chi connectivity index (χ1v) is 8.75. The largest absolute Gasteiger partial charge is 0.418 e. The van der Waals surface area contributed by atoms with Crippen molar-refractivity contribution in [2.45, 2.75) is 23.4 Å². The summed E-state index contributed by atoms with van der Waals surface area (Å²) in [4.78, 5) is -0.409. The van der Waals surface area contributed by atoms with Crippen LogP contribution in [0.1, 0.15) is 11.7 Å². The van der Waals surface area contributed by atoms with Crippen molar-refractivity contribution in [1.29, 1.82) is 0 Å². The Morgan fingerprint density at radius 3 is 1.85 bits per heavy atom. The highest BCUT2D eigenvalue weighted by molar-refractivity contribution is 7.92. The molecular weight excluding hydrogens is 400 g/mol. The lowest BCUT2D eigenvalue weighted by Crippen LogP contribution is -2.39. The van der Waals surface area contributed by atoms with E-state index in [9.17, 15) is 39.9 Å². The van der Waals surface area contributed by atoms with Gasteiger partial charge in [0.1, 0.15) is 6.54 Å². The van der Waals surface area contributed by atoms with Gasteiger partial charge in [0.2, 0.25) is 0 Å². The van der Waals surface area contributed by atoms with Crippen molar-refractivity contribution in [3.05, 3.63) is 60.2 Å². The highest BCUT2D eigenvalue weighted by Gasteiger charge is 2.40. The zero-order chi connectivity index (χ0) is 20.5. The van der Waals surface area contributed by atoms with E-state index in [0.717, 1.165) is 36.4 Å². The summed E-state index contributed by atoms with van der Waals surface area (Å²) in [6.07, 6.45) is -12.7. The molecule has 148 valence electrons. The van der Waals surface area contributed by atoms with Gasteiger partial charge in [0.15, 0.2) is 6.10 Å². The number of benzene rings is 2. The Morgan fingerprint density at radius 2 is 1.41 bits per heavy atom. The molecule has 0 saturated carbocycles. The standard InChI is InChI=1S/C16H13F6NO3S/c17-15(18,19)10-23(27(25,26)13-4-2-1-3-5-13)12-8-6-11(7-9-12)14(24)16(20,21)22/h1-9,14,24H,10H2. The highest BCUT2D eigenvalue weighted by atomic mass is 32.2. The van der Waals surface area contributed by atoms with Gasteiger partial charge in [-0.3, -0.25) is 4.31 Å². The summed E-state index contributed by atoms with van der Waals surface area (Å²) in [7, 11) is -4.62. The first-order chi connectivity index (χ1) is 12.3. The van der Waals surface area contributed by atoms with Crippen molar-refractivity contribution < 1.29 is 39.9 Å². The van der Waals surface area contributed by atoms with Crippen molar-refractivity contribution in [3.63, 3.8) is 0 Å². The van der Waals surface area contributed by atoms with Gasteiger partial charge < -0.3 is 5.11 Å². The van der Waals surface area contributed by atoms with Crippen LogP contribution in [0.5, 0.6) is 0 Å². The van der Waals surface area contributed by atoms with E-state index in [1.165, 1.54) is 18.2 Å². The Morgan fingerprint density at radius 1 is 0.889 bits per heavy atom. The predicted molar refractivity (Wildman–Crippen MR) is 84.5 cm³/mol. The van der Waals surface area contributed by atoms with Crippen molar-refractivity contribution in [1.82, 2.24) is 0 Å². The van der Waals surface area contributed by atoms with E-state index < -0.39 is 51.2 Å². The van der Waals surface area contributed by atoms with Gasteiger partial charge in [-0.15, -0.1) is 0 Å². The summed E-state index contributed by atoms with van der Waals surface area (Å²) in [6.45, 7) is -1.87. The average molecular weight is 413 g/mol. The van der Waals surface area contributed by atoms with Gasteiger partial charge in [-0.05, 0) is 29.8 Å². The summed E-state index contributed by atoms with van der Waals surface area (Å²) >= 11 is 0. The maximum atomic E-state index is 12.9. The lowest BCUT2D eigenvalue weighted by Gasteiger charge is -2.26. The van der Waals surface area contributed by atoms with E-state index >= 15 is 0 Å². The smallest absolute Gasteiger partial charge is 0.379 e. The number of sulfonamides is 1. The molecular formula is C16H13F6NO3S. The molecule has 1 unspecified atom stereocenters. The minimum absolute atomic E-state index is 0.0477. The maximum Gasteiger partial charge on any atom is 0.418 e. The molecule has 1 N–H and O–H groups in total. The van der Waals surface area contributed by atoms with Gasteiger partial charge in [-0.2, -0.15) is 26.3 Å². The number of anilines is 1. The molecule has 0 spiro atoms. The van der Waals surface area contributed by atoms with Crippen LogP contribution < -0.4 is 4.31 Å². The van der Waals surface area contributed by atoms with E-state index in [1.54, 1.807) is 0 Å². The lowest BCUT2D eigenvalue weighted by atomic mass is 10.1. The molecule has 2 aromatic carbocycles. The van der Waals surface area contributed by atoms with Crippen LogP contribution in [-0.2, 0) is 10.0 Å². The highest BCUT2D eigenvalue weighted by Crippen LogP contribution is 2.34. The Kier molecular flexibility index (Phi) is 5.76. The zero-order valence-corrected chi connectivity index (χ0v) is 14.2. The predicted octanol–water partition coefficient (Wildman–Crippen LogP) is 4.04. The molecule has 0 aliphatic rings. The second-order valence-corrected chi connectivity index (χ2v) is 7.34. The topological polar surface area (TPSA) is 57.6 Å². The number of hydrogen-bond acceptors (Lipinski definition) is 3. The zero-order valence-electron chi connectivity index (χ0n) is 13.4. The number of halogens is 6. The SMILES string of the molecule is O=S(=O)(c1ccccc1)N(CC(F)(F)F)c1ccc(C(O)C(F)(F)F)cc1. The summed E-state index contributed by atoms with van der Waals surface area (Å²) < 4.78 is 102. The molecule has 2 rings (SSSR count). The van der Waals surface area contributed by atoms with Crippen molar-refractivity contribution >= 4 is 15.7 Å². The normalized spacial score (nSPS) is 14.0. The molecule has 0 fully saturated rings. The van der Waals surface area contributed by atoms with Crippen molar-refractivity contribution in [3.8, 4) is 0 Å². The molecule has 0 aliphatic heterocycles. The van der Waals surface area contributed by atoms with Gasteiger partial charge >= 0.3 is 12.4 Å². The molecule has 0 radical (unpaired) electrons. The monoisotopic (exact) mass is 413 g/mol. The van der Waals surface area contributed by atoms with E-state index in [0.29, 0.717) is 0 Å². The van der Waals surface area contributed by atoms with E-state index in [2.05, 4.69) is 0 Å². The third-order valence-electron chi connectivity index (χ3n) is 3.46. The first kappa shape index (κ1) is 21.0. The minimum Gasteiger partial charge on any atom is -0.379 e. The maximum absolute atomic E-state index is 12.9. The van der Waals surface area contributed by atoms with Gasteiger partial charge in [-0.25, -0.2) is 8.42 Å². The third-order valence-corrected chi connectivity index (χ3v) is 5.25. The molecule has 11 heteroatoms. The van der Waals surface area contributed by atoms with Gasteiger partial charge in [0.05, 0.1) is 10.6 Å².